The molecule has 2 aliphatic heterocycles. The minimum atomic E-state index is -0.416. The Morgan fingerprint density at radius 3 is 2.43 bits per heavy atom. The molecule has 2 saturated heterocycles. The van der Waals surface area contributed by atoms with E-state index in [1.165, 1.54) is 61.0 Å². The van der Waals surface area contributed by atoms with Gasteiger partial charge in [-0.25, -0.2) is 4.98 Å². The zero-order chi connectivity index (χ0) is 33.1. The topological polar surface area (TPSA) is 81.7 Å². The Morgan fingerprint density at radius 2 is 1.72 bits per heavy atom. The molecule has 0 bridgehead atoms. The van der Waals surface area contributed by atoms with Gasteiger partial charge >= 0.3 is 0 Å². The maximum Gasteiger partial charge on any atom is 0.229 e. The van der Waals surface area contributed by atoms with Crippen molar-refractivity contribution in [1.82, 2.24) is 24.8 Å². The SMILES string of the molecule is CCCc1ccc2c(P(C)C)c(Nc3nc(Nc4cc(C)c(N5CCC(N6CCN(C)CC6)CC5)cc4OC)ncc3Br)ccc2n1. The van der Waals surface area contributed by atoms with E-state index in [2.05, 4.69) is 117 Å². The van der Waals surface area contributed by atoms with Gasteiger partial charge in [-0.2, -0.15) is 4.98 Å². The third-order valence-electron chi connectivity index (χ3n) is 9.47. The van der Waals surface area contributed by atoms with Crippen LogP contribution in [0.3, 0.4) is 0 Å². The van der Waals surface area contributed by atoms with Crippen LogP contribution in [-0.2, 0) is 6.42 Å². The molecule has 0 spiro atoms. The molecule has 11 heteroatoms. The predicted octanol–water partition coefficient (Wildman–Crippen LogP) is 7.13. The Labute approximate surface area is 289 Å². The van der Waals surface area contributed by atoms with Gasteiger partial charge in [0.1, 0.15) is 11.6 Å². The first kappa shape index (κ1) is 33.8. The summed E-state index contributed by atoms with van der Waals surface area (Å²) in [6.45, 7) is 15.8. The number of fused-ring (bicyclic) bond motifs is 1. The number of benzene rings is 2. The van der Waals surface area contributed by atoms with Gasteiger partial charge in [0.2, 0.25) is 5.95 Å². The maximum absolute atomic E-state index is 5.90. The first-order chi connectivity index (χ1) is 22.7. The molecule has 2 fully saturated rings. The largest absolute Gasteiger partial charge is 0.494 e. The fourth-order valence-electron chi connectivity index (χ4n) is 6.92. The number of likely N-dealkylation sites (N-methyl/N-ethyl adjacent to an activating group) is 1. The number of halogens is 1. The Bertz CT molecular complexity index is 1700. The van der Waals surface area contributed by atoms with E-state index < -0.39 is 7.92 Å². The van der Waals surface area contributed by atoms with Crippen molar-refractivity contribution in [2.75, 3.05) is 82.3 Å². The fourth-order valence-corrected chi connectivity index (χ4v) is 8.49. The molecule has 0 radical (unpaired) electrons. The molecule has 0 aliphatic carbocycles. The van der Waals surface area contributed by atoms with Crippen LogP contribution in [0, 0.1) is 6.92 Å². The molecular formula is C36H48BrN8OP. The second kappa shape index (κ2) is 15.0. The lowest BCUT2D eigenvalue weighted by molar-refractivity contribution is 0.0982. The summed E-state index contributed by atoms with van der Waals surface area (Å²) in [4.78, 5) is 22.1. The van der Waals surface area contributed by atoms with Gasteiger partial charge in [-0.3, -0.25) is 9.88 Å². The summed E-state index contributed by atoms with van der Waals surface area (Å²) >= 11 is 3.68. The Hall–Kier alpha value is -3.04. The van der Waals surface area contributed by atoms with Gasteiger partial charge in [0.15, 0.2) is 0 Å². The highest BCUT2D eigenvalue weighted by Crippen LogP contribution is 2.38. The van der Waals surface area contributed by atoms with E-state index in [0.717, 1.165) is 58.7 Å². The number of nitrogens with one attached hydrogen (secondary N) is 2. The zero-order valence-corrected chi connectivity index (χ0v) is 31.1. The number of ether oxygens (including phenoxy) is 1. The van der Waals surface area contributed by atoms with E-state index in [1.807, 2.05) is 0 Å². The lowest BCUT2D eigenvalue weighted by Gasteiger charge is -2.43. The summed E-state index contributed by atoms with van der Waals surface area (Å²) in [5, 5.41) is 9.53. The number of hydrogen-bond acceptors (Lipinski definition) is 9. The van der Waals surface area contributed by atoms with E-state index in [4.69, 9.17) is 14.7 Å². The molecular weight excluding hydrogens is 671 g/mol. The van der Waals surface area contributed by atoms with Crippen LogP contribution in [0.5, 0.6) is 5.75 Å². The van der Waals surface area contributed by atoms with Crippen LogP contribution in [0.1, 0.15) is 37.4 Å². The van der Waals surface area contributed by atoms with Crippen molar-refractivity contribution >= 4 is 68.9 Å². The molecule has 250 valence electrons. The van der Waals surface area contributed by atoms with Crippen molar-refractivity contribution < 1.29 is 4.74 Å². The first-order valence-corrected chi connectivity index (χ1v) is 19.8. The van der Waals surface area contributed by atoms with Gasteiger partial charge in [-0.15, -0.1) is 0 Å². The number of piperidine rings is 1. The third-order valence-corrected chi connectivity index (χ3v) is 11.4. The Balaban J connectivity index is 1.19. The predicted molar refractivity (Wildman–Crippen MR) is 202 cm³/mol. The summed E-state index contributed by atoms with van der Waals surface area (Å²) in [5.41, 5.74) is 6.51. The molecule has 2 aliphatic rings. The second-order valence-electron chi connectivity index (χ2n) is 13.0. The van der Waals surface area contributed by atoms with E-state index >= 15 is 0 Å². The Morgan fingerprint density at radius 1 is 0.957 bits per heavy atom. The van der Waals surface area contributed by atoms with Crippen LogP contribution in [0.25, 0.3) is 10.9 Å². The molecule has 2 aromatic heterocycles. The quantitative estimate of drug-likeness (QED) is 0.167. The van der Waals surface area contributed by atoms with Crippen LogP contribution in [0.15, 0.2) is 47.1 Å². The van der Waals surface area contributed by atoms with Gasteiger partial charge < -0.3 is 25.2 Å². The lowest BCUT2D eigenvalue weighted by atomic mass is 10.0. The molecule has 4 heterocycles. The standard InChI is InChI=1S/C36H48BrN8OP/c1-7-8-25-9-10-27-29(39-25)11-12-30(34(27)47(5)6)40-35-28(37)23-38-36(42-35)41-31-21-24(2)32(22-33(31)46-4)45-15-13-26(14-16-45)44-19-17-43(3)18-20-44/h9-12,21-23,26H,7-8,13-20H2,1-6H3,(H2,38,40,41,42). The monoisotopic (exact) mass is 718 g/mol. The second-order valence-corrected chi connectivity index (χ2v) is 16.1. The van der Waals surface area contributed by atoms with Gasteiger partial charge in [0.05, 0.1) is 22.8 Å². The van der Waals surface area contributed by atoms with Gasteiger partial charge in [-0.05, 0) is 92.3 Å². The van der Waals surface area contributed by atoms with E-state index in [-0.39, 0.29) is 0 Å². The van der Waals surface area contributed by atoms with Gasteiger partial charge in [0, 0.05) is 85.3 Å². The number of piperazine rings is 1. The van der Waals surface area contributed by atoms with Crippen LogP contribution >= 0.6 is 23.9 Å². The lowest BCUT2D eigenvalue weighted by Crippen LogP contribution is -2.52. The van der Waals surface area contributed by atoms with Crippen molar-refractivity contribution in [2.24, 2.45) is 0 Å². The molecule has 2 aromatic carbocycles. The highest BCUT2D eigenvalue weighted by Gasteiger charge is 2.28. The third kappa shape index (κ3) is 7.67. The van der Waals surface area contributed by atoms with Gasteiger partial charge in [0.25, 0.3) is 0 Å². The number of aromatic nitrogens is 3. The molecule has 0 unspecified atom stereocenters. The van der Waals surface area contributed by atoms with Crippen molar-refractivity contribution in [1.29, 1.82) is 0 Å². The highest BCUT2D eigenvalue weighted by molar-refractivity contribution is 9.10. The molecule has 0 amide bonds. The van der Waals surface area contributed by atoms with E-state index in [9.17, 15) is 0 Å². The summed E-state index contributed by atoms with van der Waals surface area (Å²) in [6.07, 6.45) is 6.26. The summed E-state index contributed by atoms with van der Waals surface area (Å²) in [5.74, 6) is 1.98. The molecule has 47 heavy (non-hydrogen) atoms. The van der Waals surface area contributed by atoms with E-state index in [1.54, 1.807) is 13.3 Å². The average molecular weight is 720 g/mol. The summed E-state index contributed by atoms with van der Waals surface area (Å²) in [7, 11) is 3.54. The first-order valence-electron chi connectivity index (χ1n) is 16.8. The molecule has 0 atom stereocenters. The van der Waals surface area contributed by atoms with Crippen LogP contribution in [-0.4, -0.2) is 97.5 Å². The zero-order valence-electron chi connectivity index (χ0n) is 28.6. The molecule has 6 rings (SSSR count). The molecule has 4 aromatic rings. The summed E-state index contributed by atoms with van der Waals surface area (Å²) < 4.78 is 6.69. The Kier molecular flexibility index (Phi) is 10.8. The number of rotatable bonds is 10. The van der Waals surface area contributed by atoms with Crippen molar-refractivity contribution in [2.45, 2.75) is 45.6 Å². The van der Waals surface area contributed by atoms with Crippen molar-refractivity contribution in [3.05, 3.63) is 58.3 Å². The van der Waals surface area contributed by atoms with E-state index in [0.29, 0.717) is 17.8 Å². The number of aryl methyl sites for hydroxylation is 2. The van der Waals surface area contributed by atoms with Crippen molar-refractivity contribution in [3.8, 4) is 5.75 Å². The minimum absolute atomic E-state index is 0.416. The highest BCUT2D eigenvalue weighted by atomic mass is 79.9. The number of hydrogen-bond donors (Lipinski definition) is 2. The number of anilines is 5. The molecule has 9 nitrogen and oxygen atoms in total. The smallest absolute Gasteiger partial charge is 0.229 e. The maximum atomic E-state index is 5.90. The molecule has 0 saturated carbocycles. The van der Waals surface area contributed by atoms with Gasteiger partial charge in [-0.1, -0.05) is 27.3 Å². The van der Waals surface area contributed by atoms with Crippen LogP contribution in [0.2, 0.25) is 0 Å². The van der Waals surface area contributed by atoms with Crippen LogP contribution in [0.4, 0.5) is 28.8 Å². The fraction of sp³-hybridized carbons (Fsp3) is 0.472. The number of pyridine rings is 1. The number of methoxy groups -OCH3 is 1. The summed E-state index contributed by atoms with van der Waals surface area (Å²) in [6, 6.07) is 13.6. The normalized spacial score (nSPS) is 16.6. The molecule has 2 N–H and O–H groups in total. The average Bonchev–Trinajstić information content (AvgIpc) is 3.07. The number of nitrogens with zero attached hydrogens (tertiary/aromatic N) is 6. The van der Waals surface area contributed by atoms with Crippen LogP contribution < -0.4 is 25.6 Å². The minimum Gasteiger partial charge on any atom is -0.494 e. The van der Waals surface area contributed by atoms with Crippen molar-refractivity contribution in [3.63, 3.8) is 0 Å².